The van der Waals surface area contributed by atoms with Gasteiger partial charge in [0, 0.05) is 18.3 Å². The van der Waals surface area contributed by atoms with E-state index in [0.29, 0.717) is 11.1 Å². The zero-order valence-corrected chi connectivity index (χ0v) is 9.51. The van der Waals surface area contributed by atoms with Crippen LogP contribution in [-0.4, -0.2) is 17.2 Å². The van der Waals surface area contributed by atoms with Crippen LogP contribution in [0.1, 0.15) is 0 Å². The third-order valence-electron chi connectivity index (χ3n) is 2.74. The monoisotopic (exact) mass is 243 g/mol. The Hall–Kier alpha value is -2.56. The summed E-state index contributed by atoms with van der Waals surface area (Å²) in [6.07, 6.45) is 1.54. The van der Waals surface area contributed by atoms with Crippen molar-refractivity contribution in [1.82, 2.24) is 4.98 Å². The van der Waals surface area contributed by atoms with Crippen molar-refractivity contribution in [3.8, 4) is 11.5 Å². The molecular formula is C13H9NO4. The third kappa shape index (κ3) is 1.41. The highest BCUT2D eigenvalue weighted by molar-refractivity contribution is 5.92. The van der Waals surface area contributed by atoms with E-state index in [2.05, 4.69) is 4.98 Å². The number of methoxy groups -OCH3 is 1. The maximum atomic E-state index is 12.2. The molecule has 0 aliphatic rings. The Morgan fingerprint density at radius 3 is 3.00 bits per heavy atom. The van der Waals surface area contributed by atoms with Crippen LogP contribution >= 0.6 is 0 Å². The number of aromatic nitrogens is 1. The van der Waals surface area contributed by atoms with Crippen LogP contribution in [0.5, 0.6) is 11.5 Å². The molecule has 0 saturated carbocycles. The van der Waals surface area contributed by atoms with Crippen LogP contribution in [0.2, 0.25) is 0 Å². The minimum absolute atomic E-state index is 0.135. The van der Waals surface area contributed by atoms with E-state index in [9.17, 15) is 9.90 Å². The SMILES string of the molecule is COc1cc(O)c2c(=O)c3cccnc3oc2c1. The largest absolute Gasteiger partial charge is 0.507 e. The molecule has 3 rings (SSSR count). The van der Waals surface area contributed by atoms with Gasteiger partial charge in [0.2, 0.25) is 11.1 Å². The second kappa shape index (κ2) is 3.73. The summed E-state index contributed by atoms with van der Waals surface area (Å²) in [5.74, 6) is 0.252. The number of benzene rings is 1. The van der Waals surface area contributed by atoms with E-state index in [1.165, 1.54) is 19.4 Å². The average molecular weight is 243 g/mol. The molecule has 5 nitrogen and oxygen atoms in total. The molecule has 0 aliphatic heterocycles. The van der Waals surface area contributed by atoms with Gasteiger partial charge < -0.3 is 14.3 Å². The Labute approximate surface area is 101 Å². The summed E-state index contributed by atoms with van der Waals surface area (Å²) in [5.41, 5.74) is 0.185. The normalized spacial score (nSPS) is 10.9. The van der Waals surface area contributed by atoms with Crippen molar-refractivity contribution in [2.45, 2.75) is 0 Å². The fourth-order valence-electron chi connectivity index (χ4n) is 1.89. The Morgan fingerprint density at radius 2 is 2.22 bits per heavy atom. The number of nitrogens with zero attached hydrogens (tertiary/aromatic N) is 1. The number of hydrogen-bond donors (Lipinski definition) is 1. The molecule has 1 aromatic carbocycles. The minimum Gasteiger partial charge on any atom is -0.507 e. The van der Waals surface area contributed by atoms with Gasteiger partial charge in [0.1, 0.15) is 22.5 Å². The summed E-state index contributed by atoms with van der Waals surface area (Å²) in [6.45, 7) is 0. The number of fused-ring (bicyclic) bond motifs is 2. The standard InChI is InChI=1S/C13H9NO4/c1-17-7-5-9(15)11-10(6-7)18-13-8(12(11)16)3-2-4-14-13/h2-6,15H,1H3. The van der Waals surface area contributed by atoms with Gasteiger partial charge in [-0.05, 0) is 12.1 Å². The number of aromatic hydroxyl groups is 1. The molecule has 18 heavy (non-hydrogen) atoms. The Kier molecular flexibility index (Phi) is 2.19. The van der Waals surface area contributed by atoms with Crippen LogP contribution in [0.15, 0.2) is 39.7 Å². The van der Waals surface area contributed by atoms with Gasteiger partial charge in [-0.2, -0.15) is 0 Å². The van der Waals surface area contributed by atoms with Crippen molar-refractivity contribution in [2.75, 3.05) is 7.11 Å². The topological polar surface area (TPSA) is 72.6 Å². The van der Waals surface area contributed by atoms with Gasteiger partial charge in [-0.3, -0.25) is 4.79 Å². The van der Waals surface area contributed by atoms with Crippen molar-refractivity contribution < 1.29 is 14.3 Å². The van der Waals surface area contributed by atoms with Crippen LogP contribution in [0.4, 0.5) is 0 Å². The van der Waals surface area contributed by atoms with Crippen molar-refractivity contribution in [2.24, 2.45) is 0 Å². The molecule has 0 saturated heterocycles. The Balaban J connectivity index is 2.56. The lowest BCUT2D eigenvalue weighted by Crippen LogP contribution is -2.03. The van der Waals surface area contributed by atoms with Gasteiger partial charge in [-0.1, -0.05) is 0 Å². The van der Waals surface area contributed by atoms with Crippen LogP contribution < -0.4 is 10.2 Å². The molecule has 1 N–H and O–H groups in total. The van der Waals surface area contributed by atoms with Crippen LogP contribution in [-0.2, 0) is 0 Å². The molecule has 0 bridgehead atoms. The first kappa shape index (κ1) is 10.6. The van der Waals surface area contributed by atoms with Gasteiger partial charge in [-0.15, -0.1) is 0 Å². The lowest BCUT2D eigenvalue weighted by Gasteiger charge is -2.05. The average Bonchev–Trinajstić information content (AvgIpc) is 2.38. The first-order valence-electron chi connectivity index (χ1n) is 5.29. The number of hydrogen-bond acceptors (Lipinski definition) is 5. The fraction of sp³-hybridized carbons (Fsp3) is 0.0769. The summed E-state index contributed by atoms with van der Waals surface area (Å²) in [5, 5.41) is 10.3. The highest BCUT2D eigenvalue weighted by Crippen LogP contribution is 2.29. The predicted molar refractivity (Wildman–Crippen MR) is 66.0 cm³/mol. The van der Waals surface area contributed by atoms with E-state index in [-0.39, 0.29) is 27.9 Å². The van der Waals surface area contributed by atoms with Crippen molar-refractivity contribution in [1.29, 1.82) is 0 Å². The summed E-state index contributed by atoms with van der Waals surface area (Å²) in [4.78, 5) is 16.2. The maximum Gasteiger partial charge on any atom is 0.230 e. The smallest absolute Gasteiger partial charge is 0.230 e. The van der Waals surface area contributed by atoms with Crippen molar-refractivity contribution >= 4 is 22.1 Å². The first-order valence-corrected chi connectivity index (χ1v) is 5.29. The second-order valence-electron chi connectivity index (χ2n) is 3.81. The van der Waals surface area contributed by atoms with Gasteiger partial charge in [-0.25, -0.2) is 4.98 Å². The van der Waals surface area contributed by atoms with Crippen molar-refractivity contribution in [3.05, 3.63) is 40.7 Å². The predicted octanol–water partition coefficient (Wildman–Crippen LogP) is 2.06. The highest BCUT2D eigenvalue weighted by Gasteiger charge is 2.13. The van der Waals surface area contributed by atoms with E-state index in [1.54, 1.807) is 18.2 Å². The van der Waals surface area contributed by atoms with Crippen LogP contribution in [0.3, 0.4) is 0 Å². The van der Waals surface area contributed by atoms with E-state index in [4.69, 9.17) is 9.15 Å². The quantitative estimate of drug-likeness (QED) is 0.662. The molecule has 2 heterocycles. The fourth-order valence-corrected chi connectivity index (χ4v) is 1.89. The van der Waals surface area contributed by atoms with E-state index in [1.807, 2.05) is 0 Å². The molecule has 0 atom stereocenters. The maximum absolute atomic E-state index is 12.2. The molecule has 0 radical (unpaired) electrons. The Bertz CT molecular complexity index is 807. The van der Waals surface area contributed by atoms with Crippen LogP contribution in [0.25, 0.3) is 22.1 Å². The lowest BCUT2D eigenvalue weighted by molar-refractivity contribution is 0.408. The molecule has 90 valence electrons. The first-order chi connectivity index (χ1) is 8.70. The zero-order chi connectivity index (χ0) is 12.7. The van der Waals surface area contributed by atoms with E-state index in [0.717, 1.165) is 0 Å². The van der Waals surface area contributed by atoms with Gasteiger partial charge >= 0.3 is 0 Å². The number of pyridine rings is 1. The van der Waals surface area contributed by atoms with E-state index < -0.39 is 0 Å². The number of phenols is 1. The number of ether oxygens (including phenoxy) is 1. The summed E-state index contributed by atoms with van der Waals surface area (Å²) >= 11 is 0. The lowest BCUT2D eigenvalue weighted by atomic mass is 10.1. The molecule has 0 aliphatic carbocycles. The van der Waals surface area contributed by atoms with Gasteiger partial charge in [0.15, 0.2) is 0 Å². The zero-order valence-electron chi connectivity index (χ0n) is 9.51. The van der Waals surface area contributed by atoms with Crippen LogP contribution in [0, 0.1) is 0 Å². The molecule has 0 amide bonds. The number of phenolic OH excluding ortho intramolecular Hbond substituents is 1. The minimum atomic E-state index is -0.306. The molecule has 0 unspecified atom stereocenters. The molecule has 0 spiro atoms. The van der Waals surface area contributed by atoms with Gasteiger partial charge in [0.05, 0.1) is 12.5 Å². The summed E-state index contributed by atoms with van der Waals surface area (Å²) < 4.78 is 10.5. The molecule has 3 aromatic rings. The molecular weight excluding hydrogens is 234 g/mol. The second-order valence-corrected chi connectivity index (χ2v) is 3.81. The Morgan fingerprint density at radius 1 is 1.39 bits per heavy atom. The number of rotatable bonds is 1. The highest BCUT2D eigenvalue weighted by atomic mass is 16.5. The van der Waals surface area contributed by atoms with Gasteiger partial charge in [0.25, 0.3) is 0 Å². The third-order valence-corrected chi connectivity index (χ3v) is 2.74. The van der Waals surface area contributed by atoms with Crippen molar-refractivity contribution in [3.63, 3.8) is 0 Å². The molecule has 2 aromatic heterocycles. The van der Waals surface area contributed by atoms with E-state index >= 15 is 0 Å². The summed E-state index contributed by atoms with van der Waals surface area (Å²) in [7, 11) is 1.47. The summed E-state index contributed by atoms with van der Waals surface area (Å²) in [6, 6.07) is 6.18. The molecule has 0 fully saturated rings. The molecule has 5 heteroatoms.